The first-order chi connectivity index (χ1) is 14.6. The Hall–Kier alpha value is -1.99. The highest BCUT2D eigenvalue weighted by Gasteiger charge is 2.51. The lowest BCUT2D eigenvalue weighted by atomic mass is 9.85. The zero-order valence-electron chi connectivity index (χ0n) is 17.8. The average molecular weight is 413 g/mol. The number of pyridine rings is 1. The van der Waals surface area contributed by atoms with E-state index in [1.807, 2.05) is 15.9 Å². The minimum atomic E-state index is -0.373. The molecule has 3 saturated heterocycles. The predicted molar refractivity (Wildman–Crippen MR) is 112 cm³/mol. The van der Waals surface area contributed by atoms with Crippen LogP contribution in [-0.2, 0) is 22.4 Å². The number of rotatable bonds is 4. The summed E-state index contributed by atoms with van der Waals surface area (Å²) in [6, 6.07) is 2.04. The molecule has 30 heavy (non-hydrogen) atoms. The van der Waals surface area contributed by atoms with E-state index in [4.69, 9.17) is 4.74 Å². The Balaban J connectivity index is 1.20. The lowest BCUT2D eigenvalue weighted by molar-refractivity contribution is -0.135. The molecule has 7 nitrogen and oxygen atoms in total. The smallest absolute Gasteiger partial charge is 0.255 e. The van der Waals surface area contributed by atoms with Crippen molar-refractivity contribution in [1.82, 2.24) is 19.7 Å². The number of amides is 2. The second kappa shape index (κ2) is 8.27. The Labute approximate surface area is 178 Å². The molecule has 4 heterocycles. The van der Waals surface area contributed by atoms with Gasteiger partial charge >= 0.3 is 0 Å². The summed E-state index contributed by atoms with van der Waals surface area (Å²) in [5.41, 5.74) is 2.69. The Morgan fingerprint density at radius 3 is 2.73 bits per heavy atom. The first-order valence-electron chi connectivity index (χ1n) is 11.5. The molecule has 5 rings (SSSR count). The zero-order valence-corrected chi connectivity index (χ0v) is 17.8. The molecule has 2 amide bonds. The Morgan fingerprint density at radius 2 is 1.87 bits per heavy atom. The number of morpholine rings is 1. The van der Waals surface area contributed by atoms with Crippen molar-refractivity contribution in [2.75, 3.05) is 59.0 Å². The van der Waals surface area contributed by atoms with Crippen LogP contribution in [0.25, 0.3) is 0 Å². The average Bonchev–Trinajstić information content (AvgIpc) is 3.37. The highest BCUT2D eigenvalue weighted by molar-refractivity contribution is 5.95. The highest BCUT2D eigenvalue weighted by Crippen LogP contribution is 2.41. The fourth-order valence-corrected chi connectivity index (χ4v) is 5.51. The van der Waals surface area contributed by atoms with Crippen LogP contribution in [0.15, 0.2) is 12.3 Å². The SMILES string of the molecule is O=C(c1cnc2c(c1)CCCC2)N1CCC2(CCN(CCN3CCOCC3)C2=O)C1. The summed E-state index contributed by atoms with van der Waals surface area (Å²) in [6.07, 6.45) is 7.78. The first-order valence-corrected chi connectivity index (χ1v) is 11.5. The maximum absolute atomic E-state index is 13.2. The second-order valence-corrected chi connectivity index (χ2v) is 9.29. The summed E-state index contributed by atoms with van der Waals surface area (Å²) in [7, 11) is 0. The van der Waals surface area contributed by atoms with E-state index in [1.165, 1.54) is 18.4 Å². The second-order valence-electron chi connectivity index (χ2n) is 9.29. The summed E-state index contributed by atoms with van der Waals surface area (Å²) in [5.74, 6) is 0.280. The Kier molecular flexibility index (Phi) is 5.50. The molecule has 3 fully saturated rings. The number of aromatic nitrogens is 1. The molecule has 0 saturated carbocycles. The summed E-state index contributed by atoms with van der Waals surface area (Å²) in [6.45, 7) is 7.19. The molecule has 0 N–H and O–H groups in total. The normalized spacial score (nSPS) is 27.1. The summed E-state index contributed by atoms with van der Waals surface area (Å²) in [4.78, 5) is 37.2. The van der Waals surface area contributed by atoms with Gasteiger partial charge in [-0.2, -0.15) is 0 Å². The predicted octanol–water partition coefficient (Wildman–Crippen LogP) is 1.36. The van der Waals surface area contributed by atoms with Gasteiger partial charge in [-0.15, -0.1) is 0 Å². The number of nitrogens with zero attached hydrogens (tertiary/aromatic N) is 4. The van der Waals surface area contributed by atoms with E-state index in [0.29, 0.717) is 18.7 Å². The third kappa shape index (κ3) is 3.73. The van der Waals surface area contributed by atoms with Gasteiger partial charge in [0, 0.05) is 57.7 Å². The third-order valence-electron chi connectivity index (χ3n) is 7.45. The fraction of sp³-hybridized carbons (Fsp3) is 0.696. The number of carbonyl (C=O) groups excluding carboxylic acids is 2. The number of carbonyl (C=O) groups is 2. The molecule has 1 aromatic rings. The first kappa shape index (κ1) is 19.9. The molecule has 1 aliphatic carbocycles. The van der Waals surface area contributed by atoms with Gasteiger partial charge in [-0.1, -0.05) is 0 Å². The topological polar surface area (TPSA) is 66.0 Å². The van der Waals surface area contributed by atoms with E-state index in [0.717, 1.165) is 77.3 Å². The van der Waals surface area contributed by atoms with Gasteiger partial charge in [-0.05, 0) is 50.2 Å². The van der Waals surface area contributed by atoms with E-state index in [2.05, 4.69) is 9.88 Å². The van der Waals surface area contributed by atoms with Crippen LogP contribution in [0, 0.1) is 5.41 Å². The minimum absolute atomic E-state index is 0.0346. The van der Waals surface area contributed by atoms with Gasteiger partial charge in [0.2, 0.25) is 5.91 Å². The number of hydrogen-bond acceptors (Lipinski definition) is 5. The Morgan fingerprint density at radius 1 is 1.07 bits per heavy atom. The molecule has 1 aromatic heterocycles. The Bertz CT molecular complexity index is 823. The summed E-state index contributed by atoms with van der Waals surface area (Å²) >= 11 is 0. The van der Waals surface area contributed by atoms with E-state index in [9.17, 15) is 9.59 Å². The van der Waals surface area contributed by atoms with Crippen molar-refractivity contribution >= 4 is 11.8 Å². The van der Waals surface area contributed by atoms with E-state index in [-0.39, 0.29) is 17.2 Å². The number of aryl methyl sites for hydroxylation is 2. The number of fused-ring (bicyclic) bond motifs is 1. The van der Waals surface area contributed by atoms with E-state index < -0.39 is 0 Å². The van der Waals surface area contributed by atoms with Gasteiger partial charge < -0.3 is 14.5 Å². The lowest BCUT2D eigenvalue weighted by Crippen LogP contribution is -2.43. The number of ether oxygens (including phenoxy) is 1. The number of hydrogen-bond donors (Lipinski definition) is 0. The van der Waals surface area contributed by atoms with Crippen LogP contribution in [0.2, 0.25) is 0 Å². The molecule has 1 atom stereocenters. The molecular formula is C23H32N4O3. The molecule has 4 aliphatic rings. The van der Waals surface area contributed by atoms with Crippen molar-refractivity contribution in [1.29, 1.82) is 0 Å². The van der Waals surface area contributed by atoms with Crippen LogP contribution in [0.4, 0.5) is 0 Å². The third-order valence-corrected chi connectivity index (χ3v) is 7.45. The van der Waals surface area contributed by atoms with Gasteiger partial charge in [0.15, 0.2) is 0 Å². The summed E-state index contributed by atoms with van der Waals surface area (Å²) < 4.78 is 5.41. The lowest BCUT2D eigenvalue weighted by Gasteiger charge is -2.29. The molecule has 1 spiro atoms. The maximum Gasteiger partial charge on any atom is 0.255 e. The van der Waals surface area contributed by atoms with Crippen molar-refractivity contribution in [3.63, 3.8) is 0 Å². The van der Waals surface area contributed by atoms with E-state index in [1.54, 1.807) is 6.20 Å². The standard InChI is InChI=1S/C23H32N4O3/c28-21(19-15-18-3-1-2-4-20(18)24-16-19)27-8-6-23(17-27)5-7-26(22(23)29)10-9-25-11-13-30-14-12-25/h15-16H,1-14,17H2. The van der Waals surface area contributed by atoms with Gasteiger partial charge in [0.1, 0.15) is 0 Å². The van der Waals surface area contributed by atoms with Gasteiger partial charge in [-0.25, -0.2) is 0 Å². The van der Waals surface area contributed by atoms with Crippen LogP contribution >= 0.6 is 0 Å². The van der Waals surface area contributed by atoms with Crippen LogP contribution in [0.5, 0.6) is 0 Å². The van der Waals surface area contributed by atoms with Crippen molar-refractivity contribution in [3.8, 4) is 0 Å². The quantitative estimate of drug-likeness (QED) is 0.747. The largest absolute Gasteiger partial charge is 0.379 e. The van der Waals surface area contributed by atoms with Crippen LogP contribution in [0.3, 0.4) is 0 Å². The van der Waals surface area contributed by atoms with Crippen molar-refractivity contribution in [2.24, 2.45) is 5.41 Å². The molecule has 0 radical (unpaired) electrons. The maximum atomic E-state index is 13.2. The van der Waals surface area contributed by atoms with Gasteiger partial charge in [0.05, 0.1) is 24.2 Å². The van der Waals surface area contributed by atoms with Crippen molar-refractivity contribution in [2.45, 2.75) is 38.5 Å². The van der Waals surface area contributed by atoms with E-state index >= 15 is 0 Å². The van der Waals surface area contributed by atoms with Crippen LogP contribution < -0.4 is 0 Å². The molecule has 1 unspecified atom stereocenters. The van der Waals surface area contributed by atoms with Crippen molar-refractivity contribution in [3.05, 3.63) is 29.1 Å². The fourth-order valence-electron chi connectivity index (χ4n) is 5.51. The van der Waals surface area contributed by atoms with Gasteiger partial charge in [0.25, 0.3) is 5.91 Å². The molecule has 0 aromatic carbocycles. The van der Waals surface area contributed by atoms with Crippen LogP contribution in [0.1, 0.15) is 47.3 Å². The van der Waals surface area contributed by atoms with Gasteiger partial charge in [-0.3, -0.25) is 19.5 Å². The molecule has 162 valence electrons. The highest BCUT2D eigenvalue weighted by atomic mass is 16.5. The molecule has 7 heteroatoms. The van der Waals surface area contributed by atoms with Crippen molar-refractivity contribution < 1.29 is 14.3 Å². The summed E-state index contributed by atoms with van der Waals surface area (Å²) in [5, 5.41) is 0. The zero-order chi connectivity index (χ0) is 20.6. The minimum Gasteiger partial charge on any atom is -0.379 e. The number of likely N-dealkylation sites (tertiary alicyclic amines) is 2. The molecular weight excluding hydrogens is 380 g/mol. The van der Waals surface area contributed by atoms with Crippen LogP contribution in [-0.4, -0.2) is 90.5 Å². The molecule has 0 bridgehead atoms. The monoisotopic (exact) mass is 412 g/mol. The molecule has 3 aliphatic heterocycles.